The Kier molecular flexibility index (Phi) is 3.40. The molecule has 0 aliphatic rings. The number of carbonyl (C=O) groups excluding carboxylic acids is 1. The van der Waals surface area contributed by atoms with E-state index < -0.39 is 16.8 Å². The van der Waals surface area contributed by atoms with Gasteiger partial charge >= 0.3 is 11.9 Å². The van der Waals surface area contributed by atoms with Crippen molar-refractivity contribution in [2.45, 2.75) is 6.61 Å². The smallest absolute Gasteiger partial charge is 0.433 e. The molecule has 0 aromatic carbocycles. The van der Waals surface area contributed by atoms with Crippen molar-refractivity contribution in [3.63, 3.8) is 0 Å². The Morgan fingerprint density at radius 2 is 2.14 bits per heavy atom. The number of nitrogens with zero attached hydrogens (tertiary/aromatic N) is 3. The van der Waals surface area contributed by atoms with Crippen LogP contribution < -0.4 is 0 Å². The zero-order valence-corrected chi connectivity index (χ0v) is 10.8. The van der Waals surface area contributed by atoms with Gasteiger partial charge in [-0.1, -0.05) is 0 Å². The summed E-state index contributed by atoms with van der Waals surface area (Å²) < 4.78 is 19.9. The molecule has 22 heavy (non-hydrogen) atoms. The minimum absolute atomic E-state index is 0.0424. The van der Waals surface area contributed by atoms with Crippen LogP contribution in [0.25, 0.3) is 11.7 Å². The van der Waals surface area contributed by atoms with Gasteiger partial charge in [-0.2, -0.15) is 0 Å². The fraction of sp³-hybridized carbons (Fsp3) is 0.0833. The molecule has 0 aliphatic heterocycles. The van der Waals surface area contributed by atoms with E-state index in [1.54, 1.807) is 12.1 Å². The van der Waals surface area contributed by atoms with Crippen molar-refractivity contribution in [3.8, 4) is 11.7 Å². The van der Waals surface area contributed by atoms with Gasteiger partial charge < -0.3 is 18.0 Å². The van der Waals surface area contributed by atoms with E-state index in [2.05, 4.69) is 10.2 Å². The van der Waals surface area contributed by atoms with E-state index in [0.29, 0.717) is 5.76 Å². The molecule has 0 unspecified atom stereocenters. The van der Waals surface area contributed by atoms with Crippen LogP contribution >= 0.6 is 0 Å². The van der Waals surface area contributed by atoms with Crippen LogP contribution in [0, 0.1) is 10.1 Å². The highest BCUT2D eigenvalue weighted by atomic mass is 16.7. The van der Waals surface area contributed by atoms with Crippen molar-refractivity contribution < 1.29 is 27.7 Å². The summed E-state index contributed by atoms with van der Waals surface area (Å²) in [6, 6.07) is 5.48. The molecule has 0 atom stereocenters. The maximum Gasteiger partial charge on any atom is 0.433 e. The summed E-state index contributed by atoms with van der Waals surface area (Å²) in [6.07, 6.45) is 1.45. The largest absolute Gasteiger partial charge is 0.459 e. The number of esters is 1. The Hall–Kier alpha value is -3.43. The first-order valence-corrected chi connectivity index (χ1v) is 5.91. The van der Waals surface area contributed by atoms with Crippen LogP contribution in [-0.2, 0) is 11.3 Å². The molecule has 0 radical (unpaired) electrons. The van der Waals surface area contributed by atoms with Crippen LogP contribution in [0.5, 0.6) is 0 Å². The predicted octanol–water partition coefficient (Wildman–Crippen LogP) is 2.19. The van der Waals surface area contributed by atoms with Gasteiger partial charge in [0.15, 0.2) is 12.4 Å². The van der Waals surface area contributed by atoms with E-state index in [9.17, 15) is 14.9 Å². The summed E-state index contributed by atoms with van der Waals surface area (Å²) in [5.74, 6) is -1.16. The first-order valence-electron chi connectivity index (χ1n) is 5.91. The third kappa shape index (κ3) is 2.70. The van der Waals surface area contributed by atoms with Gasteiger partial charge in [0, 0.05) is 0 Å². The first-order chi connectivity index (χ1) is 10.6. The number of ether oxygens (including phenoxy) is 1. The van der Waals surface area contributed by atoms with E-state index in [-0.39, 0.29) is 24.1 Å². The Labute approximate surface area is 121 Å². The second-order valence-corrected chi connectivity index (χ2v) is 3.95. The fourth-order valence-electron chi connectivity index (χ4n) is 1.55. The second-order valence-electron chi connectivity index (χ2n) is 3.95. The quantitative estimate of drug-likeness (QED) is 0.394. The van der Waals surface area contributed by atoms with Gasteiger partial charge in [0.1, 0.15) is 4.92 Å². The average molecular weight is 305 g/mol. The van der Waals surface area contributed by atoms with Crippen LogP contribution in [0.4, 0.5) is 5.88 Å². The lowest BCUT2D eigenvalue weighted by Crippen LogP contribution is -2.04. The zero-order chi connectivity index (χ0) is 15.5. The highest BCUT2D eigenvalue weighted by Gasteiger charge is 2.19. The summed E-state index contributed by atoms with van der Waals surface area (Å²) in [5, 5.41) is 17.8. The van der Waals surface area contributed by atoms with E-state index in [1.807, 2.05) is 0 Å². The molecule has 0 saturated carbocycles. The van der Waals surface area contributed by atoms with E-state index >= 15 is 0 Å². The standard InChI is InChI=1S/C12H7N3O7/c16-12(8-3-4-10(21-8)15(17)18)20-6-9-13-14-11(22-9)7-2-1-5-19-7/h1-5H,6H2. The maximum absolute atomic E-state index is 11.6. The van der Waals surface area contributed by atoms with Crippen molar-refractivity contribution in [2.75, 3.05) is 0 Å². The van der Waals surface area contributed by atoms with Crippen LogP contribution in [-0.4, -0.2) is 21.1 Å². The topological polar surface area (TPSA) is 135 Å². The summed E-state index contributed by atoms with van der Waals surface area (Å²) in [4.78, 5) is 21.3. The number of hydrogen-bond acceptors (Lipinski definition) is 9. The number of carbonyl (C=O) groups is 1. The maximum atomic E-state index is 11.6. The number of furan rings is 2. The van der Waals surface area contributed by atoms with Gasteiger partial charge in [-0.25, -0.2) is 4.79 Å². The molecule has 3 aromatic rings. The summed E-state index contributed by atoms with van der Waals surface area (Å²) in [6.45, 7) is -0.305. The second kappa shape index (κ2) is 5.52. The molecule has 0 spiro atoms. The van der Waals surface area contributed by atoms with Crippen LogP contribution in [0.3, 0.4) is 0 Å². The normalized spacial score (nSPS) is 10.5. The third-order valence-corrected chi connectivity index (χ3v) is 2.50. The Morgan fingerprint density at radius 1 is 1.27 bits per heavy atom. The molecule has 3 heterocycles. The molecule has 0 amide bonds. The monoisotopic (exact) mass is 305 g/mol. The molecule has 0 bridgehead atoms. The highest BCUT2D eigenvalue weighted by molar-refractivity contribution is 5.86. The highest BCUT2D eigenvalue weighted by Crippen LogP contribution is 2.19. The third-order valence-electron chi connectivity index (χ3n) is 2.50. The molecule has 3 aromatic heterocycles. The average Bonchev–Trinajstić information content (AvgIpc) is 3.23. The van der Waals surface area contributed by atoms with Gasteiger partial charge in [-0.05, 0) is 18.2 Å². The lowest BCUT2D eigenvalue weighted by Gasteiger charge is -1.97. The van der Waals surface area contributed by atoms with Crippen LogP contribution in [0.15, 0.2) is 43.8 Å². The summed E-state index contributed by atoms with van der Waals surface area (Å²) in [5.41, 5.74) is 0. The lowest BCUT2D eigenvalue weighted by molar-refractivity contribution is -0.402. The van der Waals surface area contributed by atoms with Gasteiger partial charge in [0.2, 0.25) is 5.76 Å². The van der Waals surface area contributed by atoms with Crippen molar-refractivity contribution in [1.29, 1.82) is 0 Å². The Morgan fingerprint density at radius 3 is 2.82 bits per heavy atom. The molecule has 10 heteroatoms. The predicted molar refractivity (Wildman–Crippen MR) is 66.5 cm³/mol. The zero-order valence-electron chi connectivity index (χ0n) is 10.8. The minimum atomic E-state index is -0.883. The molecule has 0 fully saturated rings. The van der Waals surface area contributed by atoms with E-state index in [1.165, 1.54) is 6.26 Å². The lowest BCUT2D eigenvalue weighted by atomic mass is 10.4. The van der Waals surface area contributed by atoms with E-state index in [4.69, 9.17) is 18.0 Å². The van der Waals surface area contributed by atoms with Gasteiger partial charge in [0.25, 0.3) is 11.8 Å². The summed E-state index contributed by atoms with van der Waals surface area (Å²) >= 11 is 0. The Bertz CT molecular complexity index is 802. The first kappa shape index (κ1) is 13.5. The minimum Gasteiger partial charge on any atom is -0.459 e. The Balaban J connectivity index is 1.62. The summed E-state index contributed by atoms with van der Waals surface area (Å²) in [7, 11) is 0. The molecule has 3 rings (SSSR count). The van der Waals surface area contributed by atoms with Crippen LogP contribution in [0.1, 0.15) is 16.4 Å². The van der Waals surface area contributed by atoms with Gasteiger partial charge in [-0.3, -0.25) is 10.1 Å². The van der Waals surface area contributed by atoms with Crippen molar-refractivity contribution in [2.24, 2.45) is 0 Å². The molecule has 0 saturated heterocycles. The van der Waals surface area contributed by atoms with Crippen molar-refractivity contribution >= 4 is 11.9 Å². The van der Waals surface area contributed by atoms with Crippen molar-refractivity contribution in [1.82, 2.24) is 10.2 Å². The van der Waals surface area contributed by atoms with Gasteiger partial charge in [-0.15, -0.1) is 10.2 Å². The number of rotatable bonds is 5. The number of hydrogen-bond donors (Lipinski definition) is 0. The molecule has 10 nitrogen and oxygen atoms in total. The number of aromatic nitrogens is 2. The van der Waals surface area contributed by atoms with E-state index in [0.717, 1.165) is 12.1 Å². The molecule has 0 aliphatic carbocycles. The fourth-order valence-corrected chi connectivity index (χ4v) is 1.55. The molecule has 112 valence electrons. The van der Waals surface area contributed by atoms with Crippen LogP contribution in [0.2, 0.25) is 0 Å². The molecule has 0 N–H and O–H groups in total. The van der Waals surface area contributed by atoms with Gasteiger partial charge in [0.05, 0.1) is 12.3 Å². The van der Waals surface area contributed by atoms with Crippen molar-refractivity contribution in [3.05, 3.63) is 52.3 Å². The SMILES string of the molecule is O=C(OCc1nnc(-c2ccco2)o1)c1ccc([N+](=O)[O-])o1. The number of nitro groups is 1. The molecular formula is C12H7N3O7. The molecular weight excluding hydrogens is 298 g/mol.